The van der Waals surface area contributed by atoms with Crippen LogP contribution in [-0.2, 0) is 20.1 Å². The number of H-pyrrole nitrogens is 1. The van der Waals surface area contributed by atoms with E-state index in [1.165, 1.54) is 6.20 Å². The molecule has 0 aromatic carbocycles. The maximum atomic E-state index is 12.1. The van der Waals surface area contributed by atoms with Crippen LogP contribution in [-0.4, -0.2) is 46.5 Å². The third kappa shape index (κ3) is 3.00. The second kappa shape index (κ2) is 5.92. The molecule has 0 saturated heterocycles. The average molecular weight is 316 g/mol. The summed E-state index contributed by atoms with van der Waals surface area (Å²) in [6.45, 7) is 5.29. The van der Waals surface area contributed by atoms with Crippen LogP contribution in [0.4, 0.5) is 0 Å². The van der Waals surface area contributed by atoms with Gasteiger partial charge in [0.15, 0.2) is 5.65 Å². The molecule has 0 saturated carbocycles. The molecule has 0 bridgehead atoms. The fourth-order valence-corrected chi connectivity index (χ4v) is 2.52. The molecule has 9 heteroatoms. The van der Waals surface area contributed by atoms with Crippen molar-refractivity contribution in [3.63, 3.8) is 0 Å². The Kier molecular flexibility index (Phi) is 3.95. The van der Waals surface area contributed by atoms with Crippen molar-refractivity contribution in [2.75, 3.05) is 7.05 Å². The lowest BCUT2D eigenvalue weighted by Crippen LogP contribution is -2.24. The van der Waals surface area contributed by atoms with Crippen molar-refractivity contribution in [1.82, 2.24) is 39.4 Å². The zero-order valence-electron chi connectivity index (χ0n) is 13.7. The van der Waals surface area contributed by atoms with Gasteiger partial charge in [-0.3, -0.25) is 14.4 Å². The number of rotatable bonds is 5. The van der Waals surface area contributed by atoms with Gasteiger partial charge in [-0.15, -0.1) is 10.2 Å². The summed E-state index contributed by atoms with van der Waals surface area (Å²) in [5, 5.41) is 12.7. The zero-order chi connectivity index (χ0) is 16.6. The summed E-state index contributed by atoms with van der Waals surface area (Å²) in [6.07, 6.45) is 3.26. The number of aromatic nitrogens is 7. The van der Waals surface area contributed by atoms with Crippen molar-refractivity contribution in [2.45, 2.75) is 33.0 Å². The van der Waals surface area contributed by atoms with E-state index in [1.54, 1.807) is 18.1 Å². The second-order valence-electron chi connectivity index (χ2n) is 5.94. The molecule has 1 N–H and O–H groups in total. The lowest BCUT2D eigenvalue weighted by Gasteiger charge is -2.17. The van der Waals surface area contributed by atoms with Crippen LogP contribution in [0.25, 0.3) is 11.0 Å². The molecule has 0 amide bonds. The van der Waals surface area contributed by atoms with E-state index in [-0.39, 0.29) is 5.56 Å². The fraction of sp³-hybridized carbons (Fsp3) is 0.500. The van der Waals surface area contributed by atoms with Gasteiger partial charge in [0.1, 0.15) is 23.4 Å². The van der Waals surface area contributed by atoms with E-state index in [4.69, 9.17) is 0 Å². The Labute approximate surface area is 133 Å². The minimum atomic E-state index is -0.170. The molecule has 0 radical (unpaired) electrons. The van der Waals surface area contributed by atoms with Gasteiger partial charge in [-0.05, 0) is 20.9 Å². The van der Waals surface area contributed by atoms with Crippen molar-refractivity contribution in [3.8, 4) is 0 Å². The van der Waals surface area contributed by atoms with Gasteiger partial charge in [-0.1, -0.05) is 0 Å². The Hall–Kier alpha value is -2.55. The third-order valence-corrected chi connectivity index (χ3v) is 3.69. The summed E-state index contributed by atoms with van der Waals surface area (Å²) < 4.78 is 3.63. The zero-order valence-corrected chi connectivity index (χ0v) is 13.7. The predicted octanol–water partition coefficient (Wildman–Crippen LogP) is 0.461. The fourth-order valence-electron chi connectivity index (χ4n) is 2.52. The minimum Gasteiger partial charge on any atom is -0.314 e. The SMILES string of the molecule is CC(C)n1cnnc1CN(C)Cc1nc2c(cnn2C)c(=O)[nH]1. The van der Waals surface area contributed by atoms with Crippen LogP contribution in [0.3, 0.4) is 0 Å². The van der Waals surface area contributed by atoms with Crippen molar-refractivity contribution >= 4 is 11.0 Å². The van der Waals surface area contributed by atoms with Gasteiger partial charge in [-0.25, -0.2) is 4.98 Å². The number of hydrogen-bond donors (Lipinski definition) is 1. The number of aromatic amines is 1. The Morgan fingerprint density at radius 1 is 1.35 bits per heavy atom. The Morgan fingerprint density at radius 2 is 2.13 bits per heavy atom. The quantitative estimate of drug-likeness (QED) is 0.734. The smallest absolute Gasteiger partial charge is 0.262 e. The lowest BCUT2D eigenvalue weighted by molar-refractivity contribution is 0.294. The van der Waals surface area contributed by atoms with Crippen LogP contribution >= 0.6 is 0 Å². The summed E-state index contributed by atoms with van der Waals surface area (Å²) in [6, 6.07) is 0.303. The predicted molar refractivity (Wildman–Crippen MR) is 84.7 cm³/mol. The second-order valence-corrected chi connectivity index (χ2v) is 5.94. The highest BCUT2D eigenvalue weighted by molar-refractivity contribution is 5.72. The summed E-state index contributed by atoms with van der Waals surface area (Å²) in [7, 11) is 3.72. The molecule has 3 aromatic rings. The van der Waals surface area contributed by atoms with E-state index in [1.807, 2.05) is 16.5 Å². The molecular weight excluding hydrogens is 296 g/mol. The molecule has 3 aromatic heterocycles. The van der Waals surface area contributed by atoms with Crippen LogP contribution in [0.15, 0.2) is 17.3 Å². The molecule has 0 spiro atoms. The number of nitrogens with zero attached hydrogens (tertiary/aromatic N) is 7. The molecule has 0 aliphatic rings. The Bertz CT molecular complexity index is 874. The van der Waals surface area contributed by atoms with Gasteiger partial charge >= 0.3 is 0 Å². The first-order chi connectivity index (χ1) is 11.0. The van der Waals surface area contributed by atoms with E-state index in [2.05, 4.69) is 39.1 Å². The van der Waals surface area contributed by atoms with Crippen molar-refractivity contribution in [1.29, 1.82) is 0 Å². The van der Waals surface area contributed by atoms with Crippen molar-refractivity contribution in [2.24, 2.45) is 7.05 Å². The maximum Gasteiger partial charge on any atom is 0.262 e. The summed E-state index contributed by atoms with van der Waals surface area (Å²) in [5.41, 5.74) is 0.416. The molecule has 3 rings (SSSR count). The van der Waals surface area contributed by atoms with E-state index in [9.17, 15) is 4.79 Å². The molecule has 0 unspecified atom stereocenters. The molecule has 0 aliphatic carbocycles. The lowest BCUT2D eigenvalue weighted by atomic mass is 10.3. The molecule has 0 fully saturated rings. The Balaban J connectivity index is 1.80. The Morgan fingerprint density at radius 3 is 2.87 bits per heavy atom. The van der Waals surface area contributed by atoms with Crippen LogP contribution in [0.1, 0.15) is 31.5 Å². The first-order valence-corrected chi connectivity index (χ1v) is 7.43. The van der Waals surface area contributed by atoms with E-state index < -0.39 is 0 Å². The highest BCUT2D eigenvalue weighted by Crippen LogP contribution is 2.10. The molecule has 9 nitrogen and oxygen atoms in total. The molecule has 122 valence electrons. The molecule has 23 heavy (non-hydrogen) atoms. The maximum absolute atomic E-state index is 12.1. The standard InChI is InChI=1S/C14H20N8O/c1-9(2)22-8-15-19-12(22)7-20(3)6-11-17-13-10(14(23)18-11)5-16-21(13)4/h5,8-9H,6-7H2,1-4H3,(H,17,18,23). The highest BCUT2D eigenvalue weighted by Gasteiger charge is 2.13. The number of hydrogen-bond acceptors (Lipinski definition) is 6. The van der Waals surface area contributed by atoms with Gasteiger partial charge in [0.25, 0.3) is 5.56 Å². The van der Waals surface area contributed by atoms with Gasteiger partial charge in [0.05, 0.1) is 19.3 Å². The molecule has 0 atom stereocenters. The van der Waals surface area contributed by atoms with Gasteiger partial charge in [-0.2, -0.15) is 5.10 Å². The molecule has 3 heterocycles. The molecular formula is C14H20N8O. The molecule has 0 aliphatic heterocycles. The van der Waals surface area contributed by atoms with Crippen LogP contribution in [0, 0.1) is 0 Å². The van der Waals surface area contributed by atoms with E-state index in [0.29, 0.717) is 36.0 Å². The largest absolute Gasteiger partial charge is 0.314 e. The van der Waals surface area contributed by atoms with Crippen LogP contribution < -0.4 is 5.56 Å². The normalized spacial score (nSPS) is 11.9. The van der Waals surface area contributed by atoms with E-state index in [0.717, 1.165) is 5.82 Å². The van der Waals surface area contributed by atoms with Gasteiger partial charge in [0, 0.05) is 13.1 Å². The van der Waals surface area contributed by atoms with Crippen LogP contribution in [0.2, 0.25) is 0 Å². The first kappa shape index (κ1) is 15.3. The number of nitrogens with one attached hydrogen (secondary N) is 1. The highest BCUT2D eigenvalue weighted by atomic mass is 16.1. The monoisotopic (exact) mass is 316 g/mol. The van der Waals surface area contributed by atoms with Crippen molar-refractivity contribution in [3.05, 3.63) is 34.5 Å². The first-order valence-electron chi connectivity index (χ1n) is 7.43. The number of aryl methyl sites for hydroxylation is 1. The minimum absolute atomic E-state index is 0.170. The van der Waals surface area contributed by atoms with Crippen LogP contribution in [0.5, 0.6) is 0 Å². The van der Waals surface area contributed by atoms with E-state index >= 15 is 0 Å². The van der Waals surface area contributed by atoms with Gasteiger partial charge < -0.3 is 9.55 Å². The topological polar surface area (TPSA) is 97.5 Å². The number of fused-ring (bicyclic) bond motifs is 1. The average Bonchev–Trinajstić information content (AvgIpc) is 3.07. The van der Waals surface area contributed by atoms with Crippen molar-refractivity contribution < 1.29 is 0 Å². The summed E-state index contributed by atoms with van der Waals surface area (Å²) >= 11 is 0. The summed E-state index contributed by atoms with van der Waals surface area (Å²) in [5.74, 6) is 1.48. The van der Waals surface area contributed by atoms with Gasteiger partial charge in [0.2, 0.25) is 0 Å². The summed E-state index contributed by atoms with van der Waals surface area (Å²) in [4.78, 5) is 21.4. The third-order valence-electron chi connectivity index (χ3n) is 3.69.